The summed E-state index contributed by atoms with van der Waals surface area (Å²) in [7, 11) is 0. The molecule has 6 heteroatoms. The molecule has 0 unspecified atom stereocenters. The third kappa shape index (κ3) is 4.65. The van der Waals surface area contributed by atoms with E-state index in [1.165, 1.54) is 0 Å². The second-order valence-electron chi connectivity index (χ2n) is 5.54. The SMILES string of the molecule is O=C(Nc1cc(Br)c(O)c(Br)c1)c1cccc(COc2ccccc2)c1. The van der Waals surface area contributed by atoms with Crippen molar-refractivity contribution in [3.05, 3.63) is 86.8 Å². The van der Waals surface area contributed by atoms with Crippen LogP contribution < -0.4 is 10.1 Å². The number of carbonyl (C=O) groups excluding carboxylic acids is 1. The van der Waals surface area contributed by atoms with Crippen LogP contribution >= 0.6 is 31.9 Å². The first-order chi connectivity index (χ1) is 12.5. The molecule has 132 valence electrons. The monoisotopic (exact) mass is 475 g/mol. The van der Waals surface area contributed by atoms with Gasteiger partial charge in [0.05, 0.1) is 8.95 Å². The van der Waals surface area contributed by atoms with Crippen molar-refractivity contribution < 1.29 is 14.6 Å². The Hall–Kier alpha value is -2.31. The summed E-state index contributed by atoms with van der Waals surface area (Å²) in [5.41, 5.74) is 1.99. The van der Waals surface area contributed by atoms with Crippen LogP contribution in [0.15, 0.2) is 75.7 Å². The Kier molecular flexibility index (Phi) is 5.96. The molecule has 4 nitrogen and oxygen atoms in total. The van der Waals surface area contributed by atoms with Crippen LogP contribution in [0, 0.1) is 0 Å². The summed E-state index contributed by atoms with van der Waals surface area (Å²) >= 11 is 6.50. The number of anilines is 1. The quantitative estimate of drug-likeness (QED) is 0.461. The van der Waals surface area contributed by atoms with Crippen molar-refractivity contribution in [2.45, 2.75) is 6.61 Å². The second kappa shape index (κ2) is 8.38. The molecular formula is C20H15Br2NO3. The lowest BCUT2D eigenvalue weighted by Crippen LogP contribution is -2.12. The lowest BCUT2D eigenvalue weighted by Gasteiger charge is -2.10. The highest BCUT2D eigenvalue weighted by Gasteiger charge is 2.11. The summed E-state index contributed by atoms with van der Waals surface area (Å²) in [4.78, 5) is 12.5. The lowest BCUT2D eigenvalue weighted by atomic mass is 10.1. The zero-order chi connectivity index (χ0) is 18.5. The van der Waals surface area contributed by atoms with Crippen LogP contribution in [0.1, 0.15) is 15.9 Å². The van der Waals surface area contributed by atoms with Crippen molar-refractivity contribution in [1.82, 2.24) is 0 Å². The fourth-order valence-corrected chi connectivity index (χ4v) is 3.51. The maximum absolute atomic E-state index is 12.5. The Labute approximate surface area is 168 Å². The molecule has 3 aromatic rings. The zero-order valence-electron chi connectivity index (χ0n) is 13.6. The fourth-order valence-electron chi connectivity index (χ4n) is 2.33. The van der Waals surface area contributed by atoms with Crippen LogP contribution in [-0.4, -0.2) is 11.0 Å². The molecule has 1 amide bonds. The molecule has 0 saturated heterocycles. The number of ether oxygens (including phenoxy) is 1. The molecule has 2 N–H and O–H groups in total. The van der Waals surface area contributed by atoms with Crippen LogP contribution in [0.4, 0.5) is 5.69 Å². The number of hydrogen-bond acceptors (Lipinski definition) is 3. The summed E-state index contributed by atoms with van der Waals surface area (Å²) in [6.45, 7) is 0.376. The number of halogens is 2. The molecule has 0 fully saturated rings. The Morgan fingerprint density at radius 3 is 2.35 bits per heavy atom. The molecule has 0 aromatic heterocycles. The Morgan fingerprint density at radius 2 is 1.65 bits per heavy atom. The summed E-state index contributed by atoms with van der Waals surface area (Å²) in [5, 5.41) is 12.6. The minimum absolute atomic E-state index is 0.0862. The molecule has 0 radical (unpaired) electrons. The van der Waals surface area contributed by atoms with Gasteiger partial charge in [-0.15, -0.1) is 0 Å². The van der Waals surface area contributed by atoms with Crippen molar-refractivity contribution in [3.63, 3.8) is 0 Å². The van der Waals surface area contributed by atoms with Gasteiger partial charge in [-0.2, -0.15) is 0 Å². The van der Waals surface area contributed by atoms with E-state index in [1.54, 1.807) is 24.3 Å². The summed E-state index contributed by atoms with van der Waals surface area (Å²) in [6, 6.07) is 20.1. The van der Waals surface area contributed by atoms with E-state index in [0.29, 0.717) is 26.8 Å². The minimum atomic E-state index is -0.240. The highest BCUT2D eigenvalue weighted by Crippen LogP contribution is 2.35. The van der Waals surface area contributed by atoms with Crippen molar-refractivity contribution >= 4 is 43.5 Å². The standard InChI is InChI=1S/C20H15Br2NO3/c21-17-10-15(11-18(22)19(17)24)23-20(25)14-6-4-5-13(9-14)12-26-16-7-2-1-3-8-16/h1-11,24H,12H2,(H,23,25). The number of amides is 1. The van der Waals surface area contributed by atoms with Gasteiger partial charge in [0.25, 0.3) is 5.91 Å². The number of rotatable bonds is 5. The highest BCUT2D eigenvalue weighted by molar-refractivity contribution is 9.11. The number of aromatic hydroxyl groups is 1. The maximum Gasteiger partial charge on any atom is 0.255 e. The topological polar surface area (TPSA) is 58.6 Å². The predicted molar refractivity (Wildman–Crippen MR) is 109 cm³/mol. The third-order valence-corrected chi connectivity index (χ3v) is 4.82. The average molecular weight is 477 g/mol. The molecule has 0 heterocycles. The third-order valence-electron chi connectivity index (χ3n) is 3.61. The first-order valence-electron chi connectivity index (χ1n) is 7.79. The van der Waals surface area contributed by atoms with E-state index in [9.17, 15) is 9.90 Å². The molecule has 0 aliphatic heterocycles. The largest absolute Gasteiger partial charge is 0.506 e. The highest BCUT2D eigenvalue weighted by atomic mass is 79.9. The Morgan fingerprint density at radius 1 is 0.962 bits per heavy atom. The van der Waals surface area contributed by atoms with E-state index in [-0.39, 0.29) is 11.7 Å². The van der Waals surface area contributed by atoms with Crippen LogP contribution in [0.2, 0.25) is 0 Å². The normalized spacial score (nSPS) is 10.4. The number of benzene rings is 3. The van der Waals surface area contributed by atoms with E-state index in [2.05, 4.69) is 37.2 Å². The smallest absolute Gasteiger partial charge is 0.255 e. The number of para-hydroxylation sites is 1. The average Bonchev–Trinajstić information content (AvgIpc) is 2.65. The Bertz CT molecular complexity index is 906. The number of carbonyl (C=O) groups is 1. The molecule has 3 rings (SSSR count). The molecule has 0 aliphatic rings. The van der Waals surface area contributed by atoms with E-state index in [1.807, 2.05) is 42.5 Å². The van der Waals surface area contributed by atoms with Crippen LogP contribution in [0.25, 0.3) is 0 Å². The fraction of sp³-hybridized carbons (Fsp3) is 0.0500. The molecule has 26 heavy (non-hydrogen) atoms. The van der Waals surface area contributed by atoms with Gasteiger partial charge < -0.3 is 15.2 Å². The Balaban J connectivity index is 1.70. The first kappa shape index (κ1) is 18.5. The number of phenolic OH excluding ortho intramolecular Hbond substituents is 1. The van der Waals surface area contributed by atoms with Crippen molar-refractivity contribution in [3.8, 4) is 11.5 Å². The van der Waals surface area contributed by atoms with Gasteiger partial charge in [-0.3, -0.25) is 4.79 Å². The maximum atomic E-state index is 12.5. The molecule has 0 saturated carbocycles. The van der Waals surface area contributed by atoms with Gasteiger partial charge >= 0.3 is 0 Å². The summed E-state index contributed by atoms with van der Waals surface area (Å²) in [6.07, 6.45) is 0. The molecule has 0 spiro atoms. The van der Waals surface area contributed by atoms with Crippen LogP contribution in [0.3, 0.4) is 0 Å². The van der Waals surface area contributed by atoms with Gasteiger partial charge in [0.1, 0.15) is 18.1 Å². The van der Waals surface area contributed by atoms with Gasteiger partial charge in [-0.05, 0) is 73.8 Å². The van der Waals surface area contributed by atoms with Crippen LogP contribution in [-0.2, 0) is 6.61 Å². The van der Waals surface area contributed by atoms with Gasteiger partial charge in [0.15, 0.2) is 0 Å². The molecule has 0 bridgehead atoms. The molecule has 0 atom stereocenters. The number of nitrogens with one attached hydrogen (secondary N) is 1. The molecule has 0 aliphatic carbocycles. The number of phenols is 1. The van der Waals surface area contributed by atoms with Crippen molar-refractivity contribution in [2.24, 2.45) is 0 Å². The molecule has 3 aromatic carbocycles. The van der Waals surface area contributed by atoms with E-state index < -0.39 is 0 Å². The zero-order valence-corrected chi connectivity index (χ0v) is 16.7. The summed E-state index contributed by atoms with van der Waals surface area (Å²) in [5.74, 6) is 0.625. The minimum Gasteiger partial charge on any atom is -0.506 e. The van der Waals surface area contributed by atoms with Gasteiger partial charge in [0, 0.05) is 11.3 Å². The van der Waals surface area contributed by atoms with E-state index >= 15 is 0 Å². The van der Waals surface area contributed by atoms with Crippen molar-refractivity contribution in [2.75, 3.05) is 5.32 Å². The lowest BCUT2D eigenvalue weighted by molar-refractivity contribution is 0.102. The van der Waals surface area contributed by atoms with Crippen LogP contribution in [0.5, 0.6) is 11.5 Å². The van der Waals surface area contributed by atoms with Gasteiger partial charge in [-0.25, -0.2) is 0 Å². The second-order valence-corrected chi connectivity index (χ2v) is 7.25. The molecular weight excluding hydrogens is 462 g/mol. The van der Waals surface area contributed by atoms with E-state index in [4.69, 9.17) is 4.74 Å². The van der Waals surface area contributed by atoms with E-state index in [0.717, 1.165) is 11.3 Å². The van der Waals surface area contributed by atoms with Gasteiger partial charge in [0.2, 0.25) is 0 Å². The first-order valence-corrected chi connectivity index (χ1v) is 9.37. The number of hydrogen-bond donors (Lipinski definition) is 2. The van der Waals surface area contributed by atoms with Gasteiger partial charge in [-0.1, -0.05) is 30.3 Å². The predicted octanol–water partition coefficient (Wildman–Crippen LogP) is 5.75. The summed E-state index contributed by atoms with van der Waals surface area (Å²) < 4.78 is 6.70. The van der Waals surface area contributed by atoms with Crippen molar-refractivity contribution in [1.29, 1.82) is 0 Å².